The first-order valence-electron chi connectivity index (χ1n) is 6.91. The lowest BCUT2D eigenvalue weighted by molar-refractivity contribution is 0.131. The average molecular weight is 265 g/mol. The summed E-state index contributed by atoms with van der Waals surface area (Å²) in [6.07, 6.45) is 5.21. The van der Waals surface area contributed by atoms with Gasteiger partial charge in [0.2, 0.25) is 5.89 Å². The minimum Gasteiger partial charge on any atom is -0.356 e. The molecule has 0 aliphatic heterocycles. The van der Waals surface area contributed by atoms with Crippen LogP contribution in [0.4, 0.5) is 0 Å². The Morgan fingerprint density at radius 2 is 2.21 bits per heavy atom. The van der Waals surface area contributed by atoms with Crippen molar-refractivity contribution in [3.63, 3.8) is 0 Å². The van der Waals surface area contributed by atoms with Crippen LogP contribution >= 0.6 is 0 Å². The van der Waals surface area contributed by atoms with Crippen molar-refractivity contribution < 1.29 is 4.52 Å². The highest BCUT2D eigenvalue weighted by molar-refractivity contribution is 5.79. The Balaban J connectivity index is 1.77. The summed E-state index contributed by atoms with van der Waals surface area (Å²) in [5.74, 6) is 2.02. The average Bonchev–Trinajstić information content (AvgIpc) is 2.78. The molecule has 0 radical (unpaired) electrons. The molecule has 1 aromatic rings. The second kappa shape index (κ2) is 6.04. The second-order valence-electron chi connectivity index (χ2n) is 5.22. The number of nitrogens with one attached hydrogen (secondary N) is 2. The zero-order chi connectivity index (χ0) is 13.7. The van der Waals surface area contributed by atoms with Crippen LogP contribution in [0.5, 0.6) is 0 Å². The van der Waals surface area contributed by atoms with Crippen LogP contribution < -0.4 is 10.6 Å². The van der Waals surface area contributed by atoms with E-state index >= 15 is 0 Å². The Kier molecular flexibility index (Phi) is 4.39. The fraction of sp³-hybridized carbons (Fsp3) is 0.769. The van der Waals surface area contributed by atoms with Crippen LogP contribution in [-0.2, 0) is 6.54 Å². The molecule has 1 fully saturated rings. The molecule has 6 nitrogen and oxygen atoms in total. The van der Waals surface area contributed by atoms with Crippen LogP contribution in [0.25, 0.3) is 0 Å². The minimum absolute atomic E-state index is 0.473. The molecule has 0 amide bonds. The third kappa shape index (κ3) is 3.45. The standard InChI is InChI=1S/C13H23N5O/c1-4-13(6-5-7-13)9-16-12(14-3)15-8-11-17-10(2)19-18-11/h4-9H2,1-3H3,(H2,14,15,16). The fourth-order valence-electron chi connectivity index (χ4n) is 2.40. The Bertz CT molecular complexity index is 430. The van der Waals surface area contributed by atoms with Gasteiger partial charge in [0, 0.05) is 20.5 Å². The molecule has 1 saturated carbocycles. The van der Waals surface area contributed by atoms with E-state index in [1.807, 2.05) is 0 Å². The van der Waals surface area contributed by atoms with Crippen LogP contribution in [0.2, 0.25) is 0 Å². The molecule has 0 unspecified atom stereocenters. The summed E-state index contributed by atoms with van der Waals surface area (Å²) in [5.41, 5.74) is 0.473. The normalized spacial score (nSPS) is 17.9. The van der Waals surface area contributed by atoms with Gasteiger partial charge in [-0.2, -0.15) is 4.98 Å². The number of aliphatic imine (C=N–C) groups is 1. The molecule has 0 saturated heterocycles. The molecule has 0 bridgehead atoms. The number of nitrogens with zero attached hydrogens (tertiary/aromatic N) is 3. The van der Waals surface area contributed by atoms with Gasteiger partial charge in [-0.3, -0.25) is 4.99 Å². The summed E-state index contributed by atoms with van der Waals surface area (Å²) >= 11 is 0. The first kappa shape index (κ1) is 13.8. The summed E-state index contributed by atoms with van der Waals surface area (Å²) in [6, 6.07) is 0. The fourth-order valence-corrected chi connectivity index (χ4v) is 2.40. The quantitative estimate of drug-likeness (QED) is 0.625. The van der Waals surface area contributed by atoms with Gasteiger partial charge in [0.1, 0.15) is 0 Å². The van der Waals surface area contributed by atoms with Crippen LogP contribution in [0.3, 0.4) is 0 Å². The van der Waals surface area contributed by atoms with Crippen molar-refractivity contribution in [1.29, 1.82) is 0 Å². The molecule has 106 valence electrons. The third-order valence-corrected chi connectivity index (χ3v) is 4.00. The van der Waals surface area contributed by atoms with Crippen LogP contribution in [0.15, 0.2) is 9.52 Å². The molecule has 19 heavy (non-hydrogen) atoms. The monoisotopic (exact) mass is 265 g/mol. The van der Waals surface area contributed by atoms with E-state index in [-0.39, 0.29) is 0 Å². The SMILES string of the molecule is CCC1(CNC(=NC)NCc2noc(C)n2)CCC1. The van der Waals surface area contributed by atoms with Gasteiger partial charge in [-0.05, 0) is 24.7 Å². The van der Waals surface area contributed by atoms with Crippen LogP contribution in [-0.4, -0.2) is 29.7 Å². The van der Waals surface area contributed by atoms with E-state index in [0.717, 1.165) is 12.5 Å². The van der Waals surface area contributed by atoms with Crippen molar-refractivity contribution in [2.24, 2.45) is 10.4 Å². The van der Waals surface area contributed by atoms with Crippen molar-refractivity contribution in [3.05, 3.63) is 11.7 Å². The Morgan fingerprint density at radius 1 is 1.42 bits per heavy atom. The zero-order valence-electron chi connectivity index (χ0n) is 12.0. The van der Waals surface area contributed by atoms with Crippen molar-refractivity contribution in [2.75, 3.05) is 13.6 Å². The highest BCUT2D eigenvalue weighted by Crippen LogP contribution is 2.42. The maximum Gasteiger partial charge on any atom is 0.223 e. The first-order chi connectivity index (χ1) is 9.17. The second-order valence-corrected chi connectivity index (χ2v) is 5.22. The summed E-state index contributed by atoms with van der Waals surface area (Å²) in [5, 5.41) is 10.4. The highest BCUT2D eigenvalue weighted by Gasteiger charge is 2.34. The van der Waals surface area contributed by atoms with Gasteiger partial charge in [-0.15, -0.1) is 0 Å². The largest absolute Gasteiger partial charge is 0.356 e. The third-order valence-electron chi connectivity index (χ3n) is 4.00. The van der Waals surface area contributed by atoms with Gasteiger partial charge in [-0.1, -0.05) is 18.5 Å². The van der Waals surface area contributed by atoms with Gasteiger partial charge in [-0.25, -0.2) is 0 Å². The molecule has 0 spiro atoms. The molecule has 1 heterocycles. The summed E-state index contributed by atoms with van der Waals surface area (Å²) in [4.78, 5) is 8.36. The van der Waals surface area contributed by atoms with Crippen LogP contribution in [0, 0.1) is 12.3 Å². The van der Waals surface area contributed by atoms with E-state index < -0.39 is 0 Å². The van der Waals surface area contributed by atoms with Crippen LogP contribution in [0.1, 0.15) is 44.3 Å². The van der Waals surface area contributed by atoms with Crippen molar-refractivity contribution in [1.82, 2.24) is 20.8 Å². The Morgan fingerprint density at radius 3 is 2.68 bits per heavy atom. The first-order valence-corrected chi connectivity index (χ1v) is 6.91. The number of guanidine groups is 1. The van der Waals surface area contributed by atoms with Gasteiger partial charge in [0.25, 0.3) is 0 Å². The number of hydrogen-bond donors (Lipinski definition) is 2. The number of hydrogen-bond acceptors (Lipinski definition) is 4. The molecule has 1 aromatic heterocycles. The molecular weight excluding hydrogens is 242 g/mol. The van der Waals surface area contributed by atoms with Crippen molar-refractivity contribution in [2.45, 2.75) is 46.1 Å². The lowest BCUT2D eigenvalue weighted by Gasteiger charge is -2.41. The summed E-state index contributed by atoms with van der Waals surface area (Å²) in [7, 11) is 1.77. The molecule has 1 aliphatic carbocycles. The lowest BCUT2D eigenvalue weighted by Crippen LogP contribution is -2.46. The van der Waals surface area contributed by atoms with E-state index in [4.69, 9.17) is 4.52 Å². The number of aromatic nitrogens is 2. The molecule has 0 aromatic carbocycles. The molecular formula is C13H23N5O. The van der Waals surface area contributed by atoms with E-state index in [9.17, 15) is 0 Å². The van der Waals surface area contributed by atoms with E-state index in [2.05, 4.69) is 32.7 Å². The van der Waals surface area contributed by atoms with E-state index in [1.54, 1.807) is 14.0 Å². The molecule has 2 rings (SSSR count). The topological polar surface area (TPSA) is 75.3 Å². The van der Waals surface area contributed by atoms with Gasteiger partial charge in [0.15, 0.2) is 11.8 Å². The van der Waals surface area contributed by atoms with Gasteiger partial charge < -0.3 is 15.2 Å². The summed E-state index contributed by atoms with van der Waals surface area (Å²) < 4.78 is 4.93. The maximum atomic E-state index is 4.93. The minimum atomic E-state index is 0.473. The maximum absolute atomic E-state index is 4.93. The number of rotatable bonds is 5. The van der Waals surface area contributed by atoms with Gasteiger partial charge in [0.05, 0.1) is 6.54 Å². The molecule has 0 atom stereocenters. The van der Waals surface area contributed by atoms with Crippen molar-refractivity contribution >= 4 is 5.96 Å². The summed E-state index contributed by atoms with van der Waals surface area (Å²) in [6.45, 7) is 5.55. The Labute approximate surface area is 114 Å². The lowest BCUT2D eigenvalue weighted by atomic mass is 9.67. The highest BCUT2D eigenvalue weighted by atomic mass is 16.5. The molecule has 1 aliphatic rings. The zero-order valence-corrected chi connectivity index (χ0v) is 12.0. The molecule has 6 heteroatoms. The molecule has 2 N–H and O–H groups in total. The van der Waals surface area contributed by atoms with Crippen molar-refractivity contribution in [3.8, 4) is 0 Å². The predicted molar refractivity (Wildman–Crippen MR) is 73.8 cm³/mol. The van der Waals surface area contributed by atoms with E-state index in [1.165, 1.54) is 25.7 Å². The van der Waals surface area contributed by atoms with Gasteiger partial charge >= 0.3 is 0 Å². The Hall–Kier alpha value is -1.59. The van der Waals surface area contributed by atoms with E-state index in [0.29, 0.717) is 23.7 Å². The smallest absolute Gasteiger partial charge is 0.223 e. The predicted octanol–water partition coefficient (Wildman–Crippen LogP) is 1.62. The number of aryl methyl sites for hydroxylation is 1.